The minimum absolute atomic E-state index is 0.280. The van der Waals surface area contributed by atoms with Crippen molar-refractivity contribution in [1.82, 2.24) is 15.0 Å². The number of aliphatic hydroxyl groups is 1. The molecule has 0 aromatic carbocycles. The van der Waals surface area contributed by atoms with E-state index in [2.05, 4.69) is 28.9 Å². The zero-order valence-electron chi connectivity index (χ0n) is 11.3. The van der Waals surface area contributed by atoms with E-state index in [1.54, 1.807) is 0 Å². The van der Waals surface area contributed by atoms with Gasteiger partial charge in [0.2, 0.25) is 5.89 Å². The summed E-state index contributed by atoms with van der Waals surface area (Å²) in [7, 11) is 0. The van der Waals surface area contributed by atoms with Crippen molar-refractivity contribution in [3.8, 4) is 0 Å². The van der Waals surface area contributed by atoms with Crippen molar-refractivity contribution in [3.05, 3.63) is 11.7 Å². The molecule has 2 rings (SSSR count). The molecule has 1 aliphatic rings. The quantitative estimate of drug-likeness (QED) is 0.839. The van der Waals surface area contributed by atoms with Crippen molar-refractivity contribution >= 4 is 0 Å². The summed E-state index contributed by atoms with van der Waals surface area (Å²) in [5.74, 6) is 1.82. The van der Waals surface area contributed by atoms with Gasteiger partial charge in [0, 0.05) is 18.6 Å². The van der Waals surface area contributed by atoms with Gasteiger partial charge in [-0.1, -0.05) is 19.0 Å². The van der Waals surface area contributed by atoms with E-state index in [0.29, 0.717) is 12.0 Å². The van der Waals surface area contributed by atoms with Crippen molar-refractivity contribution in [2.45, 2.75) is 58.0 Å². The number of hydrogen-bond acceptors (Lipinski definition) is 5. The summed E-state index contributed by atoms with van der Waals surface area (Å²) in [6.45, 7) is 6.25. The lowest BCUT2D eigenvalue weighted by Crippen LogP contribution is -2.29. The van der Waals surface area contributed by atoms with Crippen LogP contribution in [0.3, 0.4) is 0 Å². The molecule has 1 fully saturated rings. The molecule has 0 amide bonds. The van der Waals surface area contributed by atoms with E-state index in [-0.39, 0.29) is 6.61 Å². The molecule has 5 nitrogen and oxygen atoms in total. The second-order valence-corrected chi connectivity index (χ2v) is 5.33. The molecular weight excluding hydrogens is 230 g/mol. The highest BCUT2D eigenvalue weighted by Gasteiger charge is 2.25. The van der Waals surface area contributed by atoms with Crippen LogP contribution in [0.1, 0.15) is 57.2 Å². The molecule has 1 unspecified atom stereocenters. The van der Waals surface area contributed by atoms with Gasteiger partial charge in [-0.2, -0.15) is 4.98 Å². The third kappa shape index (κ3) is 3.29. The van der Waals surface area contributed by atoms with Gasteiger partial charge in [0.25, 0.3) is 0 Å². The van der Waals surface area contributed by atoms with Gasteiger partial charge in [0.15, 0.2) is 5.82 Å². The molecule has 1 N–H and O–H groups in total. The molecule has 0 radical (unpaired) electrons. The normalized spacial score (nSPS) is 21.0. The Morgan fingerprint density at radius 3 is 3.00 bits per heavy atom. The summed E-state index contributed by atoms with van der Waals surface area (Å²) in [5, 5.41) is 12.9. The topological polar surface area (TPSA) is 62.4 Å². The number of hydrogen-bond donors (Lipinski definition) is 1. The van der Waals surface area contributed by atoms with E-state index in [1.165, 1.54) is 12.8 Å². The highest BCUT2D eigenvalue weighted by Crippen LogP contribution is 2.23. The number of aromatic nitrogens is 2. The van der Waals surface area contributed by atoms with Gasteiger partial charge in [-0.15, -0.1) is 0 Å². The fourth-order valence-corrected chi connectivity index (χ4v) is 2.50. The third-order valence-electron chi connectivity index (χ3n) is 3.53. The first-order valence-corrected chi connectivity index (χ1v) is 6.88. The molecule has 102 valence electrons. The van der Waals surface area contributed by atoms with Crippen LogP contribution in [0, 0.1) is 0 Å². The lowest BCUT2D eigenvalue weighted by molar-refractivity contribution is 0.188. The minimum atomic E-state index is 0.280. The minimum Gasteiger partial charge on any atom is -0.396 e. The van der Waals surface area contributed by atoms with Gasteiger partial charge in [-0.3, -0.25) is 4.90 Å². The van der Waals surface area contributed by atoms with Crippen LogP contribution in [-0.4, -0.2) is 39.3 Å². The van der Waals surface area contributed by atoms with Gasteiger partial charge in [-0.25, -0.2) is 0 Å². The molecule has 0 aliphatic carbocycles. The van der Waals surface area contributed by atoms with Crippen LogP contribution in [-0.2, 0) is 6.54 Å². The highest BCUT2D eigenvalue weighted by molar-refractivity contribution is 4.93. The predicted molar refractivity (Wildman–Crippen MR) is 68.1 cm³/mol. The first-order chi connectivity index (χ1) is 8.70. The molecule has 5 heteroatoms. The first-order valence-electron chi connectivity index (χ1n) is 6.88. The molecular formula is C13H23N3O2. The molecule has 2 heterocycles. The molecule has 1 saturated heterocycles. The number of rotatable bonds is 6. The highest BCUT2D eigenvalue weighted by atomic mass is 16.5. The standard InChI is InChI=1S/C13H23N3O2/c1-10(2)13-14-12(18-15-13)9-16-7-3-5-11(16)6-4-8-17/h10-11,17H,3-9H2,1-2H3. The van der Waals surface area contributed by atoms with Gasteiger partial charge >= 0.3 is 0 Å². The van der Waals surface area contributed by atoms with E-state index in [1.807, 2.05) is 0 Å². The monoisotopic (exact) mass is 253 g/mol. The lowest BCUT2D eigenvalue weighted by atomic mass is 10.1. The summed E-state index contributed by atoms with van der Waals surface area (Å²) in [4.78, 5) is 6.82. The number of nitrogens with zero attached hydrogens (tertiary/aromatic N) is 3. The predicted octanol–water partition coefficient (Wildman–Crippen LogP) is 1.93. The molecule has 1 aliphatic heterocycles. The van der Waals surface area contributed by atoms with Crippen LogP contribution in [0.2, 0.25) is 0 Å². The largest absolute Gasteiger partial charge is 0.396 e. The maximum Gasteiger partial charge on any atom is 0.240 e. The Morgan fingerprint density at radius 1 is 1.50 bits per heavy atom. The SMILES string of the molecule is CC(C)c1noc(CN2CCCC2CCCO)n1. The van der Waals surface area contributed by atoms with Crippen molar-refractivity contribution in [2.75, 3.05) is 13.2 Å². The zero-order chi connectivity index (χ0) is 13.0. The molecule has 1 atom stereocenters. The van der Waals surface area contributed by atoms with Crippen molar-refractivity contribution < 1.29 is 9.63 Å². The van der Waals surface area contributed by atoms with Crippen LogP contribution in [0.25, 0.3) is 0 Å². The Balaban J connectivity index is 1.90. The van der Waals surface area contributed by atoms with Gasteiger partial charge in [0.1, 0.15) is 0 Å². The van der Waals surface area contributed by atoms with Crippen molar-refractivity contribution in [2.24, 2.45) is 0 Å². The van der Waals surface area contributed by atoms with Crippen LogP contribution in [0.15, 0.2) is 4.52 Å². The number of likely N-dealkylation sites (tertiary alicyclic amines) is 1. The van der Waals surface area contributed by atoms with Crippen LogP contribution in [0.4, 0.5) is 0 Å². The fraction of sp³-hybridized carbons (Fsp3) is 0.846. The second-order valence-electron chi connectivity index (χ2n) is 5.33. The maximum absolute atomic E-state index is 8.91. The maximum atomic E-state index is 8.91. The van der Waals surface area contributed by atoms with Gasteiger partial charge < -0.3 is 9.63 Å². The summed E-state index contributed by atoms with van der Waals surface area (Å²) in [5.41, 5.74) is 0. The Labute approximate surface area is 108 Å². The second kappa shape index (κ2) is 6.29. The molecule has 0 saturated carbocycles. The van der Waals surface area contributed by atoms with Crippen LogP contribution in [0.5, 0.6) is 0 Å². The van der Waals surface area contributed by atoms with Crippen LogP contribution < -0.4 is 0 Å². The Bertz CT molecular complexity index is 365. The Hall–Kier alpha value is -0.940. The van der Waals surface area contributed by atoms with Crippen LogP contribution >= 0.6 is 0 Å². The molecule has 0 bridgehead atoms. The molecule has 1 aromatic heterocycles. The average molecular weight is 253 g/mol. The Morgan fingerprint density at radius 2 is 2.33 bits per heavy atom. The van der Waals surface area contributed by atoms with E-state index >= 15 is 0 Å². The first kappa shape index (κ1) is 13.5. The summed E-state index contributed by atoms with van der Waals surface area (Å²) >= 11 is 0. The van der Waals surface area contributed by atoms with E-state index in [0.717, 1.165) is 37.6 Å². The zero-order valence-corrected chi connectivity index (χ0v) is 11.3. The number of aliphatic hydroxyl groups excluding tert-OH is 1. The molecule has 0 spiro atoms. The molecule has 1 aromatic rings. The smallest absolute Gasteiger partial charge is 0.240 e. The van der Waals surface area contributed by atoms with E-state index in [4.69, 9.17) is 9.63 Å². The fourth-order valence-electron chi connectivity index (χ4n) is 2.50. The summed E-state index contributed by atoms with van der Waals surface area (Å²) in [6.07, 6.45) is 4.37. The van der Waals surface area contributed by atoms with Gasteiger partial charge in [0.05, 0.1) is 6.54 Å². The summed E-state index contributed by atoms with van der Waals surface area (Å²) < 4.78 is 5.29. The average Bonchev–Trinajstić information content (AvgIpc) is 2.96. The Kier molecular flexibility index (Phi) is 4.72. The molecule has 18 heavy (non-hydrogen) atoms. The van der Waals surface area contributed by atoms with E-state index < -0.39 is 0 Å². The third-order valence-corrected chi connectivity index (χ3v) is 3.53. The summed E-state index contributed by atoms with van der Waals surface area (Å²) in [6, 6.07) is 0.562. The van der Waals surface area contributed by atoms with Crippen molar-refractivity contribution in [1.29, 1.82) is 0 Å². The van der Waals surface area contributed by atoms with Crippen molar-refractivity contribution in [3.63, 3.8) is 0 Å². The van der Waals surface area contributed by atoms with E-state index in [9.17, 15) is 0 Å². The lowest BCUT2D eigenvalue weighted by Gasteiger charge is -2.22. The van der Waals surface area contributed by atoms with Gasteiger partial charge in [-0.05, 0) is 32.2 Å².